The van der Waals surface area contributed by atoms with Crippen LogP contribution in [0.25, 0.3) is 0 Å². The molecule has 0 fully saturated rings. The Morgan fingerprint density at radius 2 is 1.96 bits per heavy atom. The second-order valence-electron chi connectivity index (χ2n) is 7.46. The van der Waals surface area contributed by atoms with Gasteiger partial charge in [0.25, 0.3) is 0 Å². The largest absolute Gasteiger partial charge is 0.476 e. The number of ether oxygens (including phenoxy) is 2. The first-order chi connectivity index (χ1) is 12.0. The molecule has 0 aliphatic rings. The molecule has 1 amide bonds. The van der Waals surface area contributed by atoms with Crippen LogP contribution in [0.2, 0.25) is 0 Å². The summed E-state index contributed by atoms with van der Waals surface area (Å²) >= 11 is 1.26. The first kappa shape index (κ1) is 22.4. The van der Waals surface area contributed by atoms with E-state index in [9.17, 15) is 9.59 Å². The molecular formula is C18H30N2O5S. The highest BCUT2D eigenvalue weighted by molar-refractivity contribution is 7.09. The summed E-state index contributed by atoms with van der Waals surface area (Å²) in [4.78, 5) is 29.3. The third kappa shape index (κ3) is 6.57. The van der Waals surface area contributed by atoms with Gasteiger partial charge in [0.1, 0.15) is 16.7 Å². The van der Waals surface area contributed by atoms with Crippen molar-refractivity contribution in [3.8, 4) is 0 Å². The molecule has 0 aromatic carbocycles. The van der Waals surface area contributed by atoms with Gasteiger partial charge in [0.2, 0.25) is 0 Å². The van der Waals surface area contributed by atoms with Crippen LogP contribution in [-0.4, -0.2) is 52.4 Å². The smallest absolute Gasteiger partial charge is 0.410 e. The van der Waals surface area contributed by atoms with Gasteiger partial charge in [0, 0.05) is 31.5 Å². The number of nitrogens with zero attached hydrogens (tertiary/aromatic N) is 2. The molecule has 0 bridgehead atoms. The third-order valence-electron chi connectivity index (χ3n) is 3.79. The van der Waals surface area contributed by atoms with E-state index in [2.05, 4.69) is 4.98 Å². The average Bonchev–Trinajstić information content (AvgIpc) is 2.98. The van der Waals surface area contributed by atoms with Crippen LogP contribution in [0.3, 0.4) is 0 Å². The van der Waals surface area contributed by atoms with Crippen LogP contribution >= 0.6 is 11.3 Å². The number of rotatable bonds is 8. The Kier molecular flexibility index (Phi) is 8.02. The van der Waals surface area contributed by atoms with Gasteiger partial charge in [-0.05, 0) is 33.6 Å². The summed E-state index contributed by atoms with van der Waals surface area (Å²) in [6.07, 6.45) is -0.263. The van der Waals surface area contributed by atoms with Gasteiger partial charge in [-0.1, -0.05) is 13.8 Å². The van der Waals surface area contributed by atoms with Crippen LogP contribution < -0.4 is 0 Å². The monoisotopic (exact) mass is 386 g/mol. The average molecular weight is 387 g/mol. The molecule has 1 aromatic rings. The van der Waals surface area contributed by atoms with Crippen molar-refractivity contribution in [2.75, 3.05) is 13.7 Å². The van der Waals surface area contributed by atoms with Crippen molar-refractivity contribution in [1.82, 2.24) is 9.88 Å². The van der Waals surface area contributed by atoms with Crippen LogP contribution in [0.5, 0.6) is 0 Å². The zero-order valence-electron chi connectivity index (χ0n) is 16.6. The summed E-state index contributed by atoms with van der Waals surface area (Å²) in [6, 6.07) is -0.140. The lowest BCUT2D eigenvalue weighted by molar-refractivity contribution is -0.000894. The number of aromatic carboxylic acids is 1. The number of thiazole rings is 1. The summed E-state index contributed by atoms with van der Waals surface area (Å²) in [7, 11) is 1.71. The van der Waals surface area contributed by atoms with Crippen molar-refractivity contribution < 1.29 is 24.2 Å². The minimum atomic E-state index is -1.06. The fraction of sp³-hybridized carbons (Fsp3) is 0.722. The van der Waals surface area contributed by atoms with Gasteiger partial charge in [0.05, 0.1) is 0 Å². The normalized spacial score (nSPS) is 14.2. The number of amides is 1. The van der Waals surface area contributed by atoms with Gasteiger partial charge in [-0.2, -0.15) is 0 Å². The van der Waals surface area contributed by atoms with Gasteiger partial charge in [-0.15, -0.1) is 11.3 Å². The summed E-state index contributed by atoms with van der Waals surface area (Å²) < 4.78 is 11.3. The highest BCUT2D eigenvalue weighted by atomic mass is 32.1. The molecule has 1 heterocycles. The van der Waals surface area contributed by atoms with Gasteiger partial charge in [0.15, 0.2) is 5.69 Å². The highest BCUT2D eigenvalue weighted by Gasteiger charge is 2.31. The molecule has 1 aromatic heterocycles. The number of carboxylic acid groups (broad SMARTS) is 1. The molecule has 26 heavy (non-hydrogen) atoms. The van der Waals surface area contributed by atoms with E-state index in [4.69, 9.17) is 14.6 Å². The Morgan fingerprint density at radius 3 is 2.38 bits per heavy atom. The SMILES string of the molecule is CCO[C@@H](CC(C(C)C)N(C)C(=O)OC(C)(C)C)c1nc(C(=O)O)cs1. The number of hydrogen-bond acceptors (Lipinski definition) is 6. The maximum absolute atomic E-state index is 12.4. The minimum Gasteiger partial charge on any atom is -0.476 e. The summed E-state index contributed by atoms with van der Waals surface area (Å²) in [5.41, 5.74) is -0.561. The zero-order chi connectivity index (χ0) is 20.1. The standard InChI is InChI=1S/C18H30N2O5S/c1-8-24-14(15-19-12(10-26-15)16(21)22)9-13(11(2)3)20(7)17(23)25-18(4,5)6/h10-11,13-14H,8-9H2,1-7H3,(H,21,22)/t13?,14-/m0/s1. The number of hydrogen-bond donors (Lipinski definition) is 1. The number of aromatic nitrogens is 1. The van der Waals surface area contributed by atoms with Gasteiger partial charge < -0.3 is 19.5 Å². The fourth-order valence-electron chi connectivity index (χ4n) is 2.54. The van der Waals surface area contributed by atoms with Crippen molar-refractivity contribution in [1.29, 1.82) is 0 Å². The molecule has 0 radical (unpaired) electrons. The lowest BCUT2D eigenvalue weighted by atomic mass is 9.96. The third-order valence-corrected chi connectivity index (χ3v) is 4.73. The molecule has 1 unspecified atom stereocenters. The van der Waals surface area contributed by atoms with Crippen LogP contribution in [0.15, 0.2) is 5.38 Å². The minimum absolute atomic E-state index is 0.0105. The van der Waals surface area contributed by atoms with E-state index >= 15 is 0 Å². The van der Waals surface area contributed by atoms with Gasteiger partial charge >= 0.3 is 12.1 Å². The summed E-state index contributed by atoms with van der Waals surface area (Å²) in [5.74, 6) is -0.900. The predicted molar refractivity (Wildman–Crippen MR) is 101 cm³/mol. The Hall–Kier alpha value is -1.67. The summed E-state index contributed by atoms with van der Waals surface area (Å²) in [6.45, 7) is 11.9. The van der Waals surface area contributed by atoms with E-state index in [1.807, 2.05) is 41.5 Å². The van der Waals surface area contributed by atoms with Crippen LogP contribution in [-0.2, 0) is 9.47 Å². The molecule has 1 N–H and O–H groups in total. The Morgan fingerprint density at radius 1 is 1.35 bits per heavy atom. The topological polar surface area (TPSA) is 89.0 Å². The molecule has 0 aliphatic heterocycles. The summed E-state index contributed by atoms with van der Waals surface area (Å²) in [5, 5.41) is 11.2. The second-order valence-corrected chi connectivity index (χ2v) is 8.35. The van der Waals surface area contributed by atoms with Crippen LogP contribution in [0.4, 0.5) is 4.79 Å². The van der Waals surface area contributed by atoms with Crippen LogP contribution in [0, 0.1) is 5.92 Å². The molecule has 7 nitrogen and oxygen atoms in total. The van der Waals surface area contributed by atoms with E-state index < -0.39 is 17.7 Å². The van der Waals surface area contributed by atoms with E-state index in [-0.39, 0.29) is 23.8 Å². The van der Waals surface area contributed by atoms with E-state index in [1.54, 1.807) is 11.9 Å². The second kappa shape index (κ2) is 9.32. The number of carboxylic acids is 1. The lowest BCUT2D eigenvalue weighted by Gasteiger charge is -2.34. The molecule has 0 spiro atoms. The quantitative estimate of drug-likeness (QED) is 0.720. The first-order valence-corrected chi connectivity index (χ1v) is 9.60. The fourth-order valence-corrected chi connectivity index (χ4v) is 3.39. The molecule has 0 saturated heterocycles. The number of carbonyl (C=O) groups is 2. The predicted octanol–water partition coefficient (Wildman–Crippen LogP) is 4.20. The Balaban J connectivity index is 2.99. The van der Waals surface area contributed by atoms with Crippen molar-refractivity contribution >= 4 is 23.4 Å². The van der Waals surface area contributed by atoms with Crippen molar-refractivity contribution in [2.24, 2.45) is 5.92 Å². The molecule has 0 saturated carbocycles. The maximum atomic E-state index is 12.4. The van der Waals surface area contributed by atoms with Crippen molar-refractivity contribution in [2.45, 2.75) is 65.7 Å². The van der Waals surface area contributed by atoms with Gasteiger partial charge in [-0.3, -0.25) is 0 Å². The molecule has 8 heteroatoms. The molecule has 2 atom stereocenters. The molecule has 148 valence electrons. The molecular weight excluding hydrogens is 356 g/mol. The van der Waals surface area contributed by atoms with E-state index in [1.165, 1.54) is 16.7 Å². The van der Waals surface area contributed by atoms with E-state index in [0.29, 0.717) is 18.0 Å². The van der Waals surface area contributed by atoms with Crippen molar-refractivity contribution in [3.63, 3.8) is 0 Å². The molecule has 0 aliphatic carbocycles. The van der Waals surface area contributed by atoms with Gasteiger partial charge in [-0.25, -0.2) is 14.6 Å². The Labute approximate surface area is 159 Å². The van der Waals surface area contributed by atoms with Crippen molar-refractivity contribution in [3.05, 3.63) is 16.1 Å². The highest BCUT2D eigenvalue weighted by Crippen LogP contribution is 2.30. The molecule has 1 rings (SSSR count). The number of carbonyl (C=O) groups excluding carboxylic acids is 1. The Bertz CT molecular complexity index is 609. The lowest BCUT2D eigenvalue weighted by Crippen LogP contribution is -2.44. The zero-order valence-corrected chi connectivity index (χ0v) is 17.4. The van der Waals surface area contributed by atoms with Crippen LogP contribution in [0.1, 0.15) is 69.6 Å². The van der Waals surface area contributed by atoms with E-state index in [0.717, 1.165) is 0 Å². The first-order valence-electron chi connectivity index (χ1n) is 8.72. The maximum Gasteiger partial charge on any atom is 0.410 e.